The summed E-state index contributed by atoms with van der Waals surface area (Å²) in [7, 11) is 0. The summed E-state index contributed by atoms with van der Waals surface area (Å²) in [5.41, 5.74) is 0.660. The standard InChI is InChI=1S/C12H9N3O2S/c1-7(16)18-6-11-14-10-5-8(13-2)3-4-9(10)12(17)15-11/h3-5H,6H2,1H3,(H,14,15,17). The summed E-state index contributed by atoms with van der Waals surface area (Å²) in [4.78, 5) is 32.8. The summed E-state index contributed by atoms with van der Waals surface area (Å²) in [6.45, 7) is 8.39. The Morgan fingerprint density at radius 2 is 2.33 bits per heavy atom. The van der Waals surface area contributed by atoms with Crippen LogP contribution in [0.4, 0.5) is 5.69 Å². The number of carbonyl (C=O) groups excluding carboxylic acids is 1. The Bertz CT molecular complexity index is 715. The van der Waals surface area contributed by atoms with E-state index >= 15 is 0 Å². The molecule has 0 aliphatic rings. The molecule has 0 atom stereocenters. The Morgan fingerprint density at radius 1 is 1.56 bits per heavy atom. The molecule has 1 N–H and O–H groups in total. The number of benzene rings is 1. The van der Waals surface area contributed by atoms with Crippen LogP contribution in [0.5, 0.6) is 0 Å². The lowest BCUT2D eigenvalue weighted by atomic mass is 10.2. The van der Waals surface area contributed by atoms with Gasteiger partial charge in [0.2, 0.25) is 0 Å². The van der Waals surface area contributed by atoms with E-state index in [0.717, 1.165) is 11.8 Å². The molecule has 90 valence electrons. The van der Waals surface area contributed by atoms with Crippen LogP contribution in [0.3, 0.4) is 0 Å². The summed E-state index contributed by atoms with van der Waals surface area (Å²) in [6.07, 6.45) is 0. The second-order valence-electron chi connectivity index (χ2n) is 3.61. The van der Waals surface area contributed by atoms with E-state index in [1.807, 2.05) is 0 Å². The van der Waals surface area contributed by atoms with Crippen molar-refractivity contribution in [1.82, 2.24) is 9.97 Å². The van der Waals surface area contributed by atoms with Gasteiger partial charge in [-0.15, -0.1) is 0 Å². The number of carbonyl (C=O) groups is 1. The molecule has 2 rings (SSSR count). The molecule has 0 radical (unpaired) electrons. The van der Waals surface area contributed by atoms with Crippen molar-refractivity contribution in [2.75, 3.05) is 0 Å². The quantitative estimate of drug-likeness (QED) is 0.840. The van der Waals surface area contributed by atoms with Crippen LogP contribution in [0, 0.1) is 6.57 Å². The highest BCUT2D eigenvalue weighted by molar-refractivity contribution is 8.12. The van der Waals surface area contributed by atoms with Gasteiger partial charge >= 0.3 is 0 Å². The number of nitrogens with zero attached hydrogens (tertiary/aromatic N) is 2. The van der Waals surface area contributed by atoms with Crippen molar-refractivity contribution in [1.29, 1.82) is 0 Å². The lowest BCUT2D eigenvalue weighted by Gasteiger charge is -2.02. The smallest absolute Gasteiger partial charge is 0.258 e. The fourth-order valence-electron chi connectivity index (χ4n) is 1.48. The van der Waals surface area contributed by atoms with E-state index in [9.17, 15) is 9.59 Å². The van der Waals surface area contributed by atoms with Gasteiger partial charge in [0.25, 0.3) is 5.56 Å². The fourth-order valence-corrected chi connectivity index (χ4v) is 1.96. The van der Waals surface area contributed by atoms with Crippen LogP contribution in [-0.2, 0) is 10.5 Å². The van der Waals surface area contributed by atoms with Crippen molar-refractivity contribution < 1.29 is 4.79 Å². The molecule has 0 aliphatic carbocycles. The summed E-state index contributed by atoms with van der Waals surface area (Å²) >= 11 is 1.08. The van der Waals surface area contributed by atoms with Gasteiger partial charge in [0.05, 0.1) is 23.2 Å². The minimum Gasteiger partial charge on any atom is -0.309 e. The van der Waals surface area contributed by atoms with Crippen LogP contribution in [-0.4, -0.2) is 15.1 Å². The third-order valence-electron chi connectivity index (χ3n) is 2.28. The van der Waals surface area contributed by atoms with E-state index in [1.165, 1.54) is 6.92 Å². The van der Waals surface area contributed by atoms with Crippen molar-refractivity contribution >= 4 is 33.5 Å². The molecular formula is C12H9N3O2S. The first kappa shape index (κ1) is 12.3. The van der Waals surface area contributed by atoms with Crippen molar-refractivity contribution in [3.63, 3.8) is 0 Å². The van der Waals surface area contributed by atoms with E-state index in [4.69, 9.17) is 6.57 Å². The average molecular weight is 259 g/mol. The van der Waals surface area contributed by atoms with Crippen molar-refractivity contribution in [2.24, 2.45) is 0 Å². The molecule has 0 spiro atoms. The number of hydrogen-bond acceptors (Lipinski definition) is 4. The molecule has 0 amide bonds. The van der Waals surface area contributed by atoms with E-state index in [2.05, 4.69) is 14.8 Å². The minimum atomic E-state index is -0.254. The van der Waals surface area contributed by atoms with Crippen LogP contribution in [0.25, 0.3) is 15.7 Å². The van der Waals surface area contributed by atoms with E-state index < -0.39 is 0 Å². The highest BCUT2D eigenvalue weighted by Crippen LogP contribution is 2.18. The van der Waals surface area contributed by atoms with Crippen LogP contribution in [0.2, 0.25) is 0 Å². The average Bonchev–Trinajstić information content (AvgIpc) is 2.35. The number of fused-ring (bicyclic) bond motifs is 1. The Kier molecular flexibility index (Phi) is 3.44. The van der Waals surface area contributed by atoms with Crippen molar-refractivity contribution in [3.05, 3.63) is 45.8 Å². The van der Waals surface area contributed by atoms with Gasteiger partial charge in [-0.05, 0) is 6.07 Å². The van der Waals surface area contributed by atoms with Crippen molar-refractivity contribution in [2.45, 2.75) is 12.7 Å². The maximum absolute atomic E-state index is 11.8. The zero-order valence-electron chi connectivity index (χ0n) is 9.56. The Labute approximate surface area is 107 Å². The van der Waals surface area contributed by atoms with Gasteiger partial charge in [0.15, 0.2) is 10.8 Å². The molecule has 18 heavy (non-hydrogen) atoms. The number of hydrogen-bond donors (Lipinski definition) is 1. The van der Waals surface area contributed by atoms with Crippen LogP contribution in [0.15, 0.2) is 23.0 Å². The van der Waals surface area contributed by atoms with Gasteiger partial charge < -0.3 is 4.98 Å². The lowest BCUT2D eigenvalue weighted by molar-refractivity contribution is -0.109. The number of thioether (sulfide) groups is 1. The Balaban J connectivity index is 2.49. The number of nitrogens with one attached hydrogen (secondary N) is 1. The van der Waals surface area contributed by atoms with Gasteiger partial charge in [-0.25, -0.2) is 9.83 Å². The largest absolute Gasteiger partial charge is 0.309 e. The minimum absolute atomic E-state index is 0.0346. The maximum atomic E-state index is 11.8. The van der Waals surface area contributed by atoms with E-state index in [1.54, 1.807) is 18.2 Å². The van der Waals surface area contributed by atoms with Gasteiger partial charge in [-0.3, -0.25) is 9.59 Å². The fraction of sp³-hybridized carbons (Fsp3) is 0.167. The molecular weight excluding hydrogens is 250 g/mol. The maximum Gasteiger partial charge on any atom is 0.258 e. The molecule has 6 heteroatoms. The van der Waals surface area contributed by atoms with Gasteiger partial charge in [0, 0.05) is 6.92 Å². The van der Waals surface area contributed by atoms with E-state index in [-0.39, 0.29) is 10.7 Å². The third-order valence-corrected chi connectivity index (χ3v) is 3.10. The van der Waals surface area contributed by atoms with Gasteiger partial charge in [-0.1, -0.05) is 23.9 Å². The molecule has 0 aliphatic heterocycles. The lowest BCUT2D eigenvalue weighted by Crippen LogP contribution is -2.11. The first-order chi connectivity index (χ1) is 8.60. The predicted octanol–water partition coefficient (Wildman–Crippen LogP) is 2.25. The summed E-state index contributed by atoms with van der Waals surface area (Å²) < 4.78 is 0. The topological polar surface area (TPSA) is 67.2 Å². The predicted molar refractivity (Wildman–Crippen MR) is 70.6 cm³/mol. The molecule has 2 aromatic rings. The van der Waals surface area contributed by atoms with Gasteiger partial charge in [-0.2, -0.15) is 0 Å². The zero-order valence-corrected chi connectivity index (χ0v) is 10.4. The second-order valence-corrected chi connectivity index (χ2v) is 4.76. The first-order valence-electron chi connectivity index (χ1n) is 5.14. The van der Waals surface area contributed by atoms with Gasteiger partial charge in [0.1, 0.15) is 5.82 Å². The second kappa shape index (κ2) is 5.02. The molecule has 0 unspecified atom stereocenters. The number of aromatic nitrogens is 2. The molecule has 0 saturated heterocycles. The molecule has 0 bridgehead atoms. The SMILES string of the molecule is [C-]#[N+]c1ccc2c(=O)[nH]c(CSC(C)=O)nc2c1. The highest BCUT2D eigenvalue weighted by atomic mass is 32.2. The van der Waals surface area contributed by atoms with Crippen LogP contribution in [0.1, 0.15) is 12.7 Å². The van der Waals surface area contributed by atoms with Crippen molar-refractivity contribution in [3.8, 4) is 0 Å². The molecule has 0 fully saturated rings. The number of rotatable bonds is 2. The summed E-state index contributed by atoms with van der Waals surface area (Å²) in [6, 6.07) is 4.73. The number of H-pyrrole nitrogens is 1. The molecule has 1 aromatic carbocycles. The normalized spacial score (nSPS) is 10.2. The molecule has 1 heterocycles. The van der Waals surface area contributed by atoms with E-state index in [0.29, 0.717) is 28.2 Å². The molecule has 0 saturated carbocycles. The molecule has 5 nitrogen and oxygen atoms in total. The Hall–Kier alpha value is -2.13. The van der Waals surface area contributed by atoms with Crippen LogP contribution >= 0.6 is 11.8 Å². The monoisotopic (exact) mass is 259 g/mol. The summed E-state index contributed by atoms with van der Waals surface area (Å²) in [5.74, 6) is 0.762. The third kappa shape index (κ3) is 2.57. The zero-order chi connectivity index (χ0) is 13.1. The van der Waals surface area contributed by atoms with Crippen LogP contribution < -0.4 is 5.56 Å². The highest BCUT2D eigenvalue weighted by Gasteiger charge is 2.06. The Morgan fingerprint density at radius 3 is 3.00 bits per heavy atom. The molecule has 1 aromatic heterocycles. The first-order valence-corrected chi connectivity index (χ1v) is 6.12. The number of aromatic amines is 1. The summed E-state index contributed by atoms with van der Waals surface area (Å²) in [5, 5.41) is 0.409.